The maximum absolute atomic E-state index is 11.6. The quantitative estimate of drug-likeness (QED) is 0.345. The summed E-state index contributed by atoms with van der Waals surface area (Å²) >= 11 is 0. The average molecular weight is 262 g/mol. The lowest BCUT2D eigenvalue weighted by Crippen LogP contribution is -2.62. The molecule has 0 aliphatic carbocycles. The number of hydrogen-bond donors (Lipinski definition) is 5. The highest BCUT2D eigenvalue weighted by Crippen LogP contribution is 2.24. The predicted molar refractivity (Wildman–Crippen MR) is 54.0 cm³/mol. The predicted octanol–water partition coefficient (Wildman–Crippen LogP) is -3.66. The number of amides is 2. The van der Waals surface area contributed by atoms with Gasteiger partial charge >= 0.3 is 6.03 Å². The molecular weight excluding hydrogens is 248 g/mol. The molecule has 0 saturated carbocycles. The Morgan fingerprint density at radius 1 is 1.28 bits per heavy atom. The van der Waals surface area contributed by atoms with Gasteiger partial charge in [0.25, 0.3) is 0 Å². The van der Waals surface area contributed by atoms with Crippen LogP contribution in [0.15, 0.2) is 0 Å². The van der Waals surface area contributed by atoms with E-state index in [4.69, 9.17) is 14.9 Å². The molecule has 5 atom stereocenters. The van der Waals surface area contributed by atoms with Gasteiger partial charge in [0.15, 0.2) is 12.5 Å². The molecule has 0 aromatic heterocycles. The van der Waals surface area contributed by atoms with Gasteiger partial charge in [-0.15, -0.1) is 0 Å². The summed E-state index contributed by atoms with van der Waals surface area (Å²) < 4.78 is 5.11. The van der Waals surface area contributed by atoms with Gasteiger partial charge in [-0.05, 0) is 0 Å². The highest BCUT2D eigenvalue weighted by Gasteiger charge is 2.48. The first-order valence-corrected chi connectivity index (χ1v) is 5.36. The molecule has 0 aromatic rings. The van der Waals surface area contributed by atoms with E-state index in [0.717, 1.165) is 4.90 Å². The maximum atomic E-state index is 11.6. The summed E-state index contributed by atoms with van der Waals surface area (Å²) in [5.41, 5.74) is 0. The molecule has 2 heterocycles. The van der Waals surface area contributed by atoms with Crippen LogP contribution in [0.4, 0.5) is 4.79 Å². The topological polar surface area (TPSA) is 140 Å². The summed E-state index contributed by atoms with van der Waals surface area (Å²) in [6.07, 6.45) is -6.63. The first-order chi connectivity index (χ1) is 8.45. The fourth-order valence-electron chi connectivity index (χ4n) is 1.95. The van der Waals surface area contributed by atoms with Crippen LogP contribution < -0.4 is 5.32 Å². The number of urea groups is 1. The number of ketones is 1. The van der Waals surface area contributed by atoms with Crippen molar-refractivity contribution in [2.75, 3.05) is 13.2 Å². The number of ether oxygens (including phenoxy) is 1. The summed E-state index contributed by atoms with van der Waals surface area (Å²) in [7, 11) is 0. The lowest BCUT2D eigenvalue weighted by Gasteiger charge is -2.34. The summed E-state index contributed by atoms with van der Waals surface area (Å²) in [5.74, 6) is -0.660. The molecule has 3 unspecified atom stereocenters. The smallest absolute Gasteiger partial charge is 0.322 e. The van der Waals surface area contributed by atoms with Crippen LogP contribution in [0.2, 0.25) is 0 Å². The molecule has 0 spiro atoms. The molecular formula is C9H14N2O7. The second kappa shape index (κ2) is 4.78. The third kappa shape index (κ3) is 2.06. The molecule has 102 valence electrons. The van der Waals surface area contributed by atoms with E-state index < -0.39 is 55.7 Å². The van der Waals surface area contributed by atoms with Crippen LogP contribution >= 0.6 is 0 Å². The fraction of sp³-hybridized carbons (Fsp3) is 0.778. The summed E-state index contributed by atoms with van der Waals surface area (Å²) in [5, 5.41) is 39.2. The molecule has 0 radical (unpaired) electrons. The van der Waals surface area contributed by atoms with E-state index in [-0.39, 0.29) is 0 Å². The zero-order chi connectivity index (χ0) is 13.4. The van der Waals surface area contributed by atoms with Crippen LogP contribution in [-0.2, 0) is 9.53 Å². The zero-order valence-electron chi connectivity index (χ0n) is 9.26. The van der Waals surface area contributed by atoms with E-state index in [1.54, 1.807) is 0 Å². The Labute approximate surface area is 102 Å². The second-order valence-corrected chi connectivity index (χ2v) is 4.18. The van der Waals surface area contributed by atoms with Crippen LogP contribution in [0.1, 0.15) is 0 Å². The average Bonchev–Trinajstić information content (AvgIpc) is 2.61. The highest BCUT2D eigenvalue weighted by molar-refractivity contribution is 5.94. The van der Waals surface area contributed by atoms with Gasteiger partial charge in [0.1, 0.15) is 18.3 Å². The van der Waals surface area contributed by atoms with Crippen molar-refractivity contribution in [3.05, 3.63) is 0 Å². The minimum absolute atomic E-state index is 0.445. The highest BCUT2D eigenvalue weighted by atomic mass is 16.6. The van der Waals surface area contributed by atoms with Gasteiger partial charge in [-0.3, -0.25) is 9.69 Å². The fourth-order valence-corrected chi connectivity index (χ4v) is 1.95. The first-order valence-electron chi connectivity index (χ1n) is 5.36. The Hall–Kier alpha value is -1.26. The van der Waals surface area contributed by atoms with Crippen LogP contribution in [0.5, 0.6) is 0 Å². The number of carbonyl (C=O) groups excluding carboxylic acids is 2. The van der Waals surface area contributed by atoms with Crippen LogP contribution in [0.25, 0.3) is 0 Å². The first kappa shape index (κ1) is 13.2. The number of nitrogens with one attached hydrogen (secondary N) is 1. The number of aliphatic hydroxyl groups is 4. The van der Waals surface area contributed by atoms with Gasteiger partial charge in [0.05, 0.1) is 13.2 Å². The van der Waals surface area contributed by atoms with Crippen molar-refractivity contribution in [1.82, 2.24) is 10.2 Å². The number of Topliss-reactive ketones (excluding diaryl/α,β-unsaturated/α-hetero) is 1. The minimum Gasteiger partial charge on any atom is -0.394 e. The van der Waals surface area contributed by atoms with E-state index >= 15 is 0 Å². The third-order valence-electron chi connectivity index (χ3n) is 2.98. The van der Waals surface area contributed by atoms with Crippen molar-refractivity contribution in [3.63, 3.8) is 0 Å². The van der Waals surface area contributed by atoms with Crippen molar-refractivity contribution in [2.45, 2.75) is 30.8 Å². The minimum atomic E-state index is -1.58. The lowest BCUT2D eigenvalue weighted by atomic mass is 10.1. The molecule has 2 aliphatic heterocycles. The molecule has 2 fully saturated rings. The maximum Gasteiger partial charge on any atom is 0.322 e. The Kier molecular flexibility index (Phi) is 3.50. The second-order valence-electron chi connectivity index (χ2n) is 4.18. The van der Waals surface area contributed by atoms with Crippen molar-refractivity contribution in [1.29, 1.82) is 0 Å². The van der Waals surface area contributed by atoms with Crippen molar-refractivity contribution in [3.8, 4) is 0 Å². The van der Waals surface area contributed by atoms with E-state index in [2.05, 4.69) is 0 Å². The van der Waals surface area contributed by atoms with Gasteiger partial charge in [-0.1, -0.05) is 0 Å². The monoisotopic (exact) mass is 262 g/mol. The van der Waals surface area contributed by atoms with Crippen LogP contribution in [0, 0.1) is 0 Å². The Balaban J connectivity index is 2.12. The summed E-state index contributed by atoms with van der Waals surface area (Å²) in [4.78, 5) is 23.7. The molecule has 5 N–H and O–H groups in total. The molecule has 9 nitrogen and oxygen atoms in total. The molecule has 2 aliphatic rings. The van der Waals surface area contributed by atoms with Gasteiger partial charge in [-0.2, -0.15) is 0 Å². The van der Waals surface area contributed by atoms with E-state index in [1.165, 1.54) is 0 Å². The molecule has 2 rings (SSSR count). The number of nitrogens with zero attached hydrogens (tertiary/aromatic N) is 1. The molecule has 2 saturated heterocycles. The van der Waals surface area contributed by atoms with Crippen LogP contribution in [0.3, 0.4) is 0 Å². The molecule has 18 heavy (non-hydrogen) atoms. The van der Waals surface area contributed by atoms with E-state index in [1.807, 2.05) is 5.32 Å². The van der Waals surface area contributed by atoms with Crippen LogP contribution in [-0.4, -0.2) is 81.1 Å². The lowest BCUT2D eigenvalue weighted by molar-refractivity contribution is -0.138. The van der Waals surface area contributed by atoms with Crippen molar-refractivity contribution < 1.29 is 34.8 Å². The third-order valence-corrected chi connectivity index (χ3v) is 2.98. The Morgan fingerprint density at radius 3 is 2.50 bits per heavy atom. The SMILES string of the molecule is O=C1CN([C@H]2O[C@@H](CO)C(O)C2O)C(=O)NC1O. The van der Waals surface area contributed by atoms with Gasteiger partial charge in [0.2, 0.25) is 5.78 Å². The van der Waals surface area contributed by atoms with Gasteiger partial charge < -0.3 is 30.5 Å². The van der Waals surface area contributed by atoms with E-state index in [0.29, 0.717) is 0 Å². The zero-order valence-corrected chi connectivity index (χ0v) is 9.26. The number of hydrogen-bond acceptors (Lipinski definition) is 7. The normalized spacial score (nSPS) is 41.1. The van der Waals surface area contributed by atoms with Gasteiger partial charge in [-0.25, -0.2) is 4.79 Å². The molecule has 9 heteroatoms. The summed E-state index contributed by atoms with van der Waals surface area (Å²) in [6.45, 7) is -0.972. The number of carbonyl (C=O) groups is 2. The van der Waals surface area contributed by atoms with Crippen molar-refractivity contribution >= 4 is 11.8 Å². The summed E-state index contributed by atoms with van der Waals surface area (Å²) in [6, 6.07) is -0.795. The standard InChI is InChI=1S/C9H14N2O7/c12-2-4-5(14)6(15)8(18-4)11-1-3(13)7(16)10-9(11)17/h4-8,12,14-16H,1-2H2,(H,10,17)/t4-,5?,6?,7?,8-/m0/s1. The Morgan fingerprint density at radius 2 is 1.94 bits per heavy atom. The molecule has 0 bridgehead atoms. The van der Waals surface area contributed by atoms with Gasteiger partial charge in [0, 0.05) is 0 Å². The Bertz CT molecular complexity index is 363. The van der Waals surface area contributed by atoms with E-state index in [9.17, 15) is 19.8 Å². The number of aliphatic hydroxyl groups excluding tert-OH is 4. The molecule has 2 amide bonds. The van der Waals surface area contributed by atoms with Crippen molar-refractivity contribution in [2.24, 2.45) is 0 Å². The number of rotatable bonds is 2. The molecule has 0 aromatic carbocycles. The largest absolute Gasteiger partial charge is 0.394 e.